The zero-order valence-corrected chi connectivity index (χ0v) is 8.83. The number of hydrogen-bond donors (Lipinski definition) is 1. The molecule has 1 fully saturated rings. The third-order valence-corrected chi connectivity index (χ3v) is 2.30. The van der Waals surface area contributed by atoms with Crippen LogP contribution in [0.4, 0.5) is 13.2 Å². The Bertz CT molecular complexity index is 361. The fourth-order valence-corrected chi connectivity index (χ4v) is 1.56. The number of nitrogens with one attached hydrogen (secondary N) is 1. The predicted octanol–water partition coefficient (Wildman–Crippen LogP) is 1.64. The molecule has 0 aliphatic carbocycles. The van der Waals surface area contributed by atoms with Crippen molar-refractivity contribution >= 4 is 0 Å². The predicted molar refractivity (Wildman–Crippen MR) is 52.5 cm³/mol. The van der Waals surface area contributed by atoms with Crippen LogP contribution in [-0.2, 0) is 4.74 Å². The minimum absolute atomic E-state index is 0.0313. The molecule has 17 heavy (non-hydrogen) atoms. The molecule has 1 N–H and O–H groups in total. The van der Waals surface area contributed by atoms with Crippen LogP contribution in [-0.4, -0.2) is 31.1 Å². The van der Waals surface area contributed by atoms with Gasteiger partial charge in [0.05, 0.1) is 19.3 Å². The summed E-state index contributed by atoms with van der Waals surface area (Å²) in [6.45, 7) is 1.84. The SMILES string of the molecule is FC(F)(F)Oc1ccc(C2COCCN2)cn1. The minimum Gasteiger partial charge on any atom is -0.388 e. The molecule has 1 aromatic rings. The van der Waals surface area contributed by atoms with E-state index in [9.17, 15) is 13.2 Å². The van der Waals surface area contributed by atoms with E-state index in [0.29, 0.717) is 19.8 Å². The van der Waals surface area contributed by atoms with Crippen molar-refractivity contribution in [2.75, 3.05) is 19.8 Å². The Kier molecular flexibility index (Phi) is 3.49. The van der Waals surface area contributed by atoms with Gasteiger partial charge < -0.3 is 14.8 Å². The molecule has 1 unspecified atom stereocenters. The molecule has 2 heterocycles. The van der Waals surface area contributed by atoms with Crippen molar-refractivity contribution in [3.8, 4) is 5.88 Å². The van der Waals surface area contributed by atoms with E-state index in [4.69, 9.17) is 4.74 Å². The van der Waals surface area contributed by atoms with Crippen molar-refractivity contribution in [1.29, 1.82) is 0 Å². The molecular weight excluding hydrogens is 237 g/mol. The van der Waals surface area contributed by atoms with E-state index < -0.39 is 12.2 Å². The zero-order chi connectivity index (χ0) is 12.3. The standard InChI is InChI=1S/C10H11F3N2O2/c11-10(12,13)17-9-2-1-7(5-15-9)8-6-16-4-3-14-8/h1-2,5,8,14H,3-4,6H2. The van der Waals surface area contributed by atoms with Gasteiger partial charge in [0.1, 0.15) is 0 Å². The summed E-state index contributed by atoms with van der Waals surface area (Å²) < 4.78 is 44.6. The van der Waals surface area contributed by atoms with Crippen molar-refractivity contribution in [1.82, 2.24) is 10.3 Å². The Morgan fingerprint density at radius 3 is 2.76 bits per heavy atom. The fraction of sp³-hybridized carbons (Fsp3) is 0.500. The Balaban J connectivity index is 2.02. The Morgan fingerprint density at radius 1 is 1.41 bits per heavy atom. The highest BCUT2D eigenvalue weighted by atomic mass is 19.4. The number of nitrogens with zero attached hydrogens (tertiary/aromatic N) is 1. The van der Waals surface area contributed by atoms with Gasteiger partial charge in [-0.05, 0) is 5.56 Å². The molecule has 4 nitrogen and oxygen atoms in total. The summed E-state index contributed by atoms with van der Waals surface area (Å²) in [4.78, 5) is 3.60. The van der Waals surface area contributed by atoms with E-state index >= 15 is 0 Å². The van der Waals surface area contributed by atoms with Gasteiger partial charge in [0.25, 0.3) is 0 Å². The molecule has 0 amide bonds. The molecule has 0 saturated carbocycles. The third kappa shape index (κ3) is 3.57. The van der Waals surface area contributed by atoms with E-state index in [0.717, 1.165) is 5.56 Å². The highest BCUT2D eigenvalue weighted by Gasteiger charge is 2.31. The number of hydrogen-bond acceptors (Lipinski definition) is 4. The van der Waals surface area contributed by atoms with Crippen molar-refractivity contribution in [2.24, 2.45) is 0 Å². The first-order chi connectivity index (χ1) is 8.04. The molecule has 0 radical (unpaired) electrons. The van der Waals surface area contributed by atoms with Crippen LogP contribution in [0.25, 0.3) is 0 Å². The lowest BCUT2D eigenvalue weighted by Crippen LogP contribution is -2.34. The zero-order valence-electron chi connectivity index (χ0n) is 8.83. The van der Waals surface area contributed by atoms with Gasteiger partial charge in [0.15, 0.2) is 0 Å². The summed E-state index contributed by atoms with van der Waals surface area (Å²) in [5.74, 6) is -0.460. The molecule has 0 bridgehead atoms. The average molecular weight is 248 g/mol. The first kappa shape index (κ1) is 12.1. The van der Waals surface area contributed by atoms with E-state index in [-0.39, 0.29) is 6.04 Å². The lowest BCUT2D eigenvalue weighted by atomic mass is 10.1. The first-order valence-electron chi connectivity index (χ1n) is 5.07. The van der Waals surface area contributed by atoms with Gasteiger partial charge in [-0.25, -0.2) is 4.98 Å². The Morgan fingerprint density at radius 2 is 2.24 bits per heavy atom. The Labute approximate surface area is 95.7 Å². The summed E-state index contributed by atoms with van der Waals surface area (Å²) >= 11 is 0. The number of aromatic nitrogens is 1. The van der Waals surface area contributed by atoms with Gasteiger partial charge in [-0.2, -0.15) is 0 Å². The summed E-state index contributed by atoms with van der Waals surface area (Å²) in [6, 6.07) is 2.70. The summed E-state index contributed by atoms with van der Waals surface area (Å²) in [7, 11) is 0. The summed E-state index contributed by atoms with van der Waals surface area (Å²) in [6.07, 6.45) is -3.35. The van der Waals surface area contributed by atoms with Crippen molar-refractivity contribution in [2.45, 2.75) is 12.4 Å². The van der Waals surface area contributed by atoms with Crippen LogP contribution in [0.5, 0.6) is 5.88 Å². The average Bonchev–Trinajstić information content (AvgIpc) is 2.29. The maximum atomic E-state index is 11.9. The maximum absolute atomic E-state index is 11.9. The second-order valence-electron chi connectivity index (χ2n) is 3.56. The number of alkyl halides is 3. The van der Waals surface area contributed by atoms with E-state index in [1.807, 2.05) is 0 Å². The van der Waals surface area contributed by atoms with Crippen LogP contribution in [0.1, 0.15) is 11.6 Å². The van der Waals surface area contributed by atoms with E-state index in [1.54, 1.807) is 6.07 Å². The lowest BCUT2D eigenvalue weighted by Gasteiger charge is -2.23. The van der Waals surface area contributed by atoms with Crippen LogP contribution < -0.4 is 10.1 Å². The molecule has 7 heteroatoms. The number of rotatable bonds is 2. The van der Waals surface area contributed by atoms with Crippen molar-refractivity contribution in [3.05, 3.63) is 23.9 Å². The number of morpholine rings is 1. The summed E-state index contributed by atoms with van der Waals surface area (Å²) in [5.41, 5.74) is 0.777. The molecule has 1 aromatic heterocycles. The fourth-order valence-electron chi connectivity index (χ4n) is 1.56. The van der Waals surface area contributed by atoms with Crippen LogP contribution in [0, 0.1) is 0 Å². The van der Waals surface area contributed by atoms with Gasteiger partial charge >= 0.3 is 6.36 Å². The maximum Gasteiger partial charge on any atom is 0.574 e. The van der Waals surface area contributed by atoms with Gasteiger partial charge in [-0.15, -0.1) is 13.2 Å². The topological polar surface area (TPSA) is 43.4 Å². The largest absolute Gasteiger partial charge is 0.574 e. The minimum atomic E-state index is -4.71. The number of ether oxygens (including phenoxy) is 2. The molecule has 0 aromatic carbocycles. The smallest absolute Gasteiger partial charge is 0.388 e. The first-order valence-corrected chi connectivity index (χ1v) is 5.07. The highest BCUT2D eigenvalue weighted by Crippen LogP contribution is 2.22. The Hall–Kier alpha value is -1.34. The molecule has 0 spiro atoms. The molecule has 2 rings (SSSR count). The van der Waals surface area contributed by atoms with Crippen molar-refractivity contribution < 1.29 is 22.6 Å². The molecule has 94 valence electrons. The number of halogens is 3. The monoisotopic (exact) mass is 248 g/mol. The molecule has 1 aliphatic rings. The van der Waals surface area contributed by atoms with Gasteiger partial charge in [-0.1, -0.05) is 6.07 Å². The highest BCUT2D eigenvalue weighted by molar-refractivity contribution is 5.21. The molecule has 1 aliphatic heterocycles. The van der Waals surface area contributed by atoms with Crippen LogP contribution in [0.15, 0.2) is 18.3 Å². The number of pyridine rings is 1. The lowest BCUT2D eigenvalue weighted by molar-refractivity contribution is -0.276. The van der Waals surface area contributed by atoms with E-state index in [1.165, 1.54) is 12.3 Å². The quantitative estimate of drug-likeness (QED) is 0.864. The molecule has 1 saturated heterocycles. The summed E-state index contributed by atoms with van der Waals surface area (Å²) in [5, 5.41) is 3.18. The van der Waals surface area contributed by atoms with Crippen LogP contribution in [0.2, 0.25) is 0 Å². The van der Waals surface area contributed by atoms with Crippen molar-refractivity contribution in [3.63, 3.8) is 0 Å². The van der Waals surface area contributed by atoms with E-state index in [2.05, 4.69) is 15.0 Å². The second kappa shape index (κ2) is 4.89. The normalized spacial score (nSPS) is 21.2. The molecular formula is C10H11F3N2O2. The third-order valence-electron chi connectivity index (χ3n) is 2.30. The van der Waals surface area contributed by atoms with Gasteiger partial charge in [0, 0.05) is 18.8 Å². The van der Waals surface area contributed by atoms with Crippen LogP contribution >= 0.6 is 0 Å². The van der Waals surface area contributed by atoms with Gasteiger partial charge in [0.2, 0.25) is 5.88 Å². The molecule has 1 atom stereocenters. The van der Waals surface area contributed by atoms with Crippen LogP contribution in [0.3, 0.4) is 0 Å². The second-order valence-corrected chi connectivity index (χ2v) is 3.56. The van der Waals surface area contributed by atoms with Gasteiger partial charge in [-0.3, -0.25) is 0 Å².